The Kier molecular flexibility index (Phi) is 2.43. The van der Waals surface area contributed by atoms with Crippen LogP contribution in [0.1, 0.15) is 24.3 Å². The summed E-state index contributed by atoms with van der Waals surface area (Å²) in [6.45, 7) is 0. The van der Waals surface area contributed by atoms with E-state index in [0.717, 1.165) is 12.8 Å². The lowest BCUT2D eigenvalue weighted by atomic mass is 9.73. The van der Waals surface area contributed by atoms with Crippen molar-refractivity contribution in [1.82, 2.24) is 4.90 Å². The minimum Gasteiger partial charge on any atom is -0.342 e. The highest BCUT2D eigenvalue weighted by Crippen LogP contribution is 2.51. The van der Waals surface area contributed by atoms with E-state index in [2.05, 4.69) is 65.5 Å². The third-order valence-electron chi connectivity index (χ3n) is 5.45. The Balaban J connectivity index is 1.81. The van der Waals surface area contributed by atoms with Gasteiger partial charge in [-0.2, -0.15) is 5.10 Å². The number of hydrogen-bond donors (Lipinski definition) is 0. The predicted octanol–water partition coefficient (Wildman–Crippen LogP) is 3.92. The molecule has 3 atom stereocenters. The summed E-state index contributed by atoms with van der Waals surface area (Å²) in [5.41, 5.74) is 2.79. The maximum atomic E-state index is 4.73. The smallest absolute Gasteiger partial charge is 0.127 e. The standard InChI is InChI=1S/C19H19N3/c1-21-12-20-22-18-14-7-3-2-6-13(14)10-11-16(18)15-8-4-5-9-17(15)19(21)22/h2-7,10-12,15,17,19H,8-9H2,1H3. The Labute approximate surface area is 130 Å². The quantitative estimate of drug-likeness (QED) is 0.684. The van der Waals surface area contributed by atoms with Gasteiger partial charge in [0.25, 0.3) is 0 Å². The summed E-state index contributed by atoms with van der Waals surface area (Å²) in [7, 11) is 2.15. The molecule has 0 saturated heterocycles. The Bertz CT molecular complexity index is 807. The average molecular weight is 289 g/mol. The monoisotopic (exact) mass is 289 g/mol. The van der Waals surface area contributed by atoms with Gasteiger partial charge in [0.15, 0.2) is 0 Å². The van der Waals surface area contributed by atoms with Gasteiger partial charge in [-0.05, 0) is 29.7 Å². The van der Waals surface area contributed by atoms with Crippen LogP contribution in [0.15, 0.2) is 53.7 Å². The van der Waals surface area contributed by atoms with E-state index in [9.17, 15) is 0 Å². The number of allylic oxidation sites excluding steroid dienone is 2. The van der Waals surface area contributed by atoms with Gasteiger partial charge in [-0.1, -0.05) is 48.6 Å². The Morgan fingerprint density at radius 2 is 1.91 bits per heavy atom. The Hall–Kier alpha value is -2.29. The molecule has 0 radical (unpaired) electrons. The summed E-state index contributed by atoms with van der Waals surface area (Å²) in [5, 5.41) is 9.62. The topological polar surface area (TPSA) is 18.8 Å². The third-order valence-corrected chi connectivity index (χ3v) is 5.45. The zero-order chi connectivity index (χ0) is 14.7. The maximum Gasteiger partial charge on any atom is 0.127 e. The van der Waals surface area contributed by atoms with Crippen molar-refractivity contribution in [3.63, 3.8) is 0 Å². The second kappa shape index (κ2) is 4.35. The molecule has 0 bridgehead atoms. The van der Waals surface area contributed by atoms with Crippen LogP contribution in [0.5, 0.6) is 0 Å². The van der Waals surface area contributed by atoms with Crippen LogP contribution >= 0.6 is 0 Å². The van der Waals surface area contributed by atoms with Crippen molar-refractivity contribution < 1.29 is 0 Å². The molecule has 2 heterocycles. The van der Waals surface area contributed by atoms with Crippen LogP contribution in [0.3, 0.4) is 0 Å². The lowest BCUT2D eigenvalue weighted by molar-refractivity contribution is 0.222. The molecule has 3 nitrogen and oxygen atoms in total. The highest BCUT2D eigenvalue weighted by atomic mass is 15.6. The molecule has 5 rings (SSSR count). The first-order chi connectivity index (χ1) is 10.8. The largest absolute Gasteiger partial charge is 0.342 e. The molecular weight excluding hydrogens is 270 g/mol. The summed E-state index contributed by atoms with van der Waals surface area (Å²) >= 11 is 0. The third kappa shape index (κ3) is 1.48. The molecule has 2 aromatic rings. The van der Waals surface area contributed by atoms with Gasteiger partial charge < -0.3 is 4.90 Å². The van der Waals surface area contributed by atoms with E-state index >= 15 is 0 Å². The van der Waals surface area contributed by atoms with Crippen LogP contribution in [0, 0.1) is 5.92 Å². The van der Waals surface area contributed by atoms with Gasteiger partial charge in [-0.25, -0.2) is 5.01 Å². The summed E-state index contributed by atoms with van der Waals surface area (Å²) in [5.74, 6) is 1.22. The molecular formula is C19H19N3. The first-order valence-corrected chi connectivity index (χ1v) is 8.06. The van der Waals surface area contributed by atoms with E-state index in [0.29, 0.717) is 18.0 Å². The second-order valence-corrected chi connectivity index (χ2v) is 6.59. The Morgan fingerprint density at radius 3 is 2.86 bits per heavy atom. The molecule has 3 aliphatic rings. The molecule has 0 aromatic heterocycles. The molecule has 110 valence electrons. The molecule has 0 saturated carbocycles. The minimum atomic E-state index is 0.355. The van der Waals surface area contributed by atoms with E-state index in [-0.39, 0.29) is 0 Å². The highest BCUT2D eigenvalue weighted by Gasteiger charge is 2.45. The summed E-state index contributed by atoms with van der Waals surface area (Å²) < 4.78 is 0. The van der Waals surface area contributed by atoms with Gasteiger partial charge in [-0.3, -0.25) is 0 Å². The number of hydrogen-bond acceptors (Lipinski definition) is 3. The SMILES string of the molecule is CN1C=NN2c3c(ccc4ccccc34)C3CC=CCC3C12. The first kappa shape index (κ1) is 12.3. The molecule has 0 amide bonds. The van der Waals surface area contributed by atoms with E-state index in [1.165, 1.54) is 22.0 Å². The molecule has 0 spiro atoms. The summed E-state index contributed by atoms with van der Waals surface area (Å²) in [4.78, 5) is 2.28. The Morgan fingerprint density at radius 1 is 1.05 bits per heavy atom. The van der Waals surface area contributed by atoms with Gasteiger partial charge in [0, 0.05) is 18.4 Å². The maximum absolute atomic E-state index is 4.73. The zero-order valence-corrected chi connectivity index (χ0v) is 12.7. The fourth-order valence-corrected chi connectivity index (χ4v) is 4.47. The van der Waals surface area contributed by atoms with Crippen LogP contribution in [0.25, 0.3) is 10.8 Å². The fourth-order valence-electron chi connectivity index (χ4n) is 4.47. The lowest BCUT2D eigenvalue weighted by Gasteiger charge is -2.46. The van der Waals surface area contributed by atoms with Crippen LogP contribution in [0.4, 0.5) is 5.69 Å². The van der Waals surface area contributed by atoms with Crippen LogP contribution in [0.2, 0.25) is 0 Å². The number of anilines is 1. The zero-order valence-electron chi connectivity index (χ0n) is 12.7. The van der Waals surface area contributed by atoms with Gasteiger partial charge in [0.2, 0.25) is 0 Å². The van der Waals surface area contributed by atoms with Crippen molar-refractivity contribution in [2.45, 2.75) is 24.9 Å². The molecule has 3 heteroatoms. The van der Waals surface area contributed by atoms with Gasteiger partial charge in [0.1, 0.15) is 12.5 Å². The van der Waals surface area contributed by atoms with E-state index < -0.39 is 0 Å². The van der Waals surface area contributed by atoms with Crippen molar-refractivity contribution in [3.05, 3.63) is 54.1 Å². The molecule has 0 N–H and O–H groups in total. The van der Waals surface area contributed by atoms with E-state index in [4.69, 9.17) is 5.10 Å². The second-order valence-electron chi connectivity index (χ2n) is 6.59. The van der Waals surface area contributed by atoms with Crippen molar-refractivity contribution in [2.24, 2.45) is 11.0 Å². The number of rotatable bonds is 0. The predicted molar refractivity (Wildman–Crippen MR) is 91.1 cm³/mol. The van der Waals surface area contributed by atoms with Crippen molar-refractivity contribution in [3.8, 4) is 0 Å². The molecule has 1 aliphatic carbocycles. The minimum absolute atomic E-state index is 0.355. The van der Waals surface area contributed by atoms with Gasteiger partial charge in [-0.15, -0.1) is 0 Å². The van der Waals surface area contributed by atoms with Gasteiger partial charge in [0.05, 0.1) is 5.69 Å². The normalized spacial score (nSPS) is 28.7. The van der Waals surface area contributed by atoms with Crippen molar-refractivity contribution >= 4 is 22.8 Å². The van der Waals surface area contributed by atoms with Crippen LogP contribution in [-0.4, -0.2) is 24.5 Å². The molecule has 2 aliphatic heterocycles. The molecule has 0 fully saturated rings. The van der Waals surface area contributed by atoms with Crippen LogP contribution < -0.4 is 5.01 Å². The average Bonchev–Trinajstić information content (AvgIpc) is 2.96. The van der Waals surface area contributed by atoms with Crippen LogP contribution in [-0.2, 0) is 0 Å². The molecule has 2 aromatic carbocycles. The van der Waals surface area contributed by atoms with Gasteiger partial charge >= 0.3 is 0 Å². The first-order valence-electron chi connectivity index (χ1n) is 8.06. The van der Waals surface area contributed by atoms with E-state index in [1.807, 2.05) is 6.34 Å². The summed E-state index contributed by atoms with van der Waals surface area (Å²) in [6, 6.07) is 13.3. The number of hydrazone groups is 1. The number of nitrogens with zero attached hydrogens (tertiary/aromatic N) is 3. The fraction of sp³-hybridized carbons (Fsp3) is 0.316. The number of fused-ring (bicyclic) bond motifs is 8. The molecule has 3 unspecified atom stereocenters. The van der Waals surface area contributed by atoms with Crippen molar-refractivity contribution in [1.29, 1.82) is 0 Å². The van der Waals surface area contributed by atoms with Crippen molar-refractivity contribution in [2.75, 3.05) is 12.1 Å². The number of benzene rings is 2. The summed E-state index contributed by atoms with van der Waals surface area (Å²) in [6.07, 6.45) is 9.33. The van der Waals surface area contributed by atoms with E-state index in [1.54, 1.807) is 0 Å². The highest BCUT2D eigenvalue weighted by molar-refractivity contribution is 5.97. The lowest BCUT2D eigenvalue weighted by Crippen LogP contribution is -2.49. The molecule has 22 heavy (non-hydrogen) atoms.